The molecule has 0 saturated carbocycles. The molecule has 4 nitrogen and oxygen atoms in total. The van der Waals surface area contributed by atoms with E-state index in [9.17, 15) is 9.90 Å². The molecule has 1 aromatic heterocycles. The van der Waals surface area contributed by atoms with Gasteiger partial charge in [-0.15, -0.1) is 0 Å². The number of aliphatic hydroxyl groups excluding tert-OH is 1. The number of para-hydroxylation sites is 1. The fraction of sp³-hybridized carbons (Fsp3) is 0.357. The Kier molecular flexibility index (Phi) is 3.99. The Morgan fingerprint density at radius 2 is 2.22 bits per heavy atom. The van der Waals surface area contributed by atoms with E-state index in [0.717, 1.165) is 16.5 Å². The van der Waals surface area contributed by atoms with Crippen molar-refractivity contribution in [1.82, 2.24) is 4.98 Å². The summed E-state index contributed by atoms with van der Waals surface area (Å²) in [6, 6.07) is 7.89. The molecule has 96 valence electrons. The van der Waals surface area contributed by atoms with E-state index < -0.39 is 6.10 Å². The molecule has 0 aliphatic rings. The number of hydrogen-bond donors (Lipinski definition) is 2. The van der Waals surface area contributed by atoms with Crippen molar-refractivity contribution in [1.29, 1.82) is 0 Å². The van der Waals surface area contributed by atoms with E-state index in [4.69, 9.17) is 4.74 Å². The predicted octanol–water partition coefficient (Wildman–Crippen LogP) is 2.02. The van der Waals surface area contributed by atoms with E-state index in [-0.39, 0.29) is 12.4 Å². The quantitative estimate of drug-likeness (QED) is 0.795. The molecule has 0 aliphatic carbocycles. The number of benzene rings is 1. The number of aromatic amines is 1. The maximum atomic E-state index is 11.3. The summed E-state index contributed by atoms with van der Waals surface area (Å²) in [7, 11) is 0. The molecule has 18 heavy (non-hydrogen) atoms. The SMILES string of the molecule is CCOC(=O)CC(O)Cc1c[nH]c2ccccc12. The van der Waals surface area contributed by atoms with Crippen molar-refractivity contribution < 1.29 is 14.6 Å². The molecule has 4 heteroatoms. The summed E-state index contributed by atoms with van der Waals surface area (Å²) in [5.41, 5.74) is 2.05. The predicted molar refractivity (Wildman–Crippen MR) is 69.3 cm³/mol. The number of fused-ring (bicyclic) bond motifs is 1. The molecule has 0 aliphatic heterocycles. The monoisotopic (exact) mass is 247 g/mol. The molecule has 0 saturated heterocycles. The van der Waals surface area contributed by atoms with Crippen LogP contribution in [-0.2, 0) is 16.0 Å². The molecule has 2 rings (SSSR count). The summed E-state index contributed by atoms with van der Waals surface area (Å²) in [5, 5.41) is 10.9. The second-order valence-electron chi connectivity index (χ2n) is 4.23. The van der Waals surface area contributed by atoms with Crippen LogP contribution in [0, 0.1) is 0 Å². The van der Waals surface area contributed by atoms with Crippen LogP contribution in [0.3, 0.4) is 0 Å². The third-order valence-electron chi connectivity index (χ3n) is 2.84. The van der Waals surface area contributed by atoms with Crippen molar-refractivity contribution in [2.45, 2.75) is 25.9 Å². The van der Waals surface area contributed by atoms with Gasteiger partial charge in [0.05, 0.1) is 19.1 Å². The minimum atomic E-state index is -0.705. The standard InChI is InChI=1S/C14H17NO3/c1-2-18-14(17)8-11(16)7-10-9-15-13-6-4-3-5-12(10)13/h3-6,9,11,15-16H,2,7-8H2,1H3. The van der Waals surface area contributed by atoms with E-state index in [1.54, 1.807) is 6.92 Å². The number of nitrogens with one attached hydrogen (secondary N) is 1. The molecular weight excluding hydrogens is 230 g/mol. The van der Waals surface area contributed by atoms with Crippen LogP contribution in [0.5, 0.6) is 0 Å². The number of hydrogen-bond acceptors (Lipinski definition) is 3. The first kappa shape index (κ1) is 12.6. The van der Waals surface area contributed by atoms with Gasteiger partial charge in [0.15, 0.2) is 0 Å². The fourth-order valence-electron chi connectivity index (χ4n) is 2.04. The van der Waals surface area contributed by atoms with Gasteiger partial charge >= 0.3 is 5.97 Å². The van der Waals surface area contributed by atoms with Crippen LogP contribution in [0.15, 0.2) is 30.5 Å². The smallest absolute Gasteiger partial charge is 0.308 e. The van der Waals surface area contributed by atoms with E-state index >= 15 is 0 Å². The lowest BCUT2D eigenvalue weighted by Gasteiger charge is -2.09. The number of rotatable bonds is 5. The number of aromatic nitrogens is 1. The first-order valence-electron chi connectivity index (χ1n) is 6.09. The molecule has 1 atom stereocenters. The average molecular weight is 247 g/mol. The summed E-state index contributed by atoms with van der Waals surface area (Å²) < 4.78 is 4.81. The summed E-state index contributed by atoms with van der Waals surface area (Å²) >= 11 is 0. The number of aliphatic hydroxyl groups is 1. The Balaban J connectivity index is 2.03. The number of carbonyl (C=O) groups is 1. The normalized spacial score (nSPS) is 12.6. The molecular formula is C14H17NO3. The van der Waals surface area contributed by atoms with Gasteiger partial charge in [-0.1, -0.05) is 18.2 Å². The molecule has 0 bridgehead atoms. The lowest BCUT2D eigenvalue weighted by molar-refractivity contribution is -0.145. The minimum absolute atomic E-state index is 0.0351. The molecule has 1 aromatic carbocycles. The summed E-state index contributed by atoms with van der Waals surface area (Å²) in [4.78, 5) is 14.4. The first-order chi connectivity index (χ1) is 8.70. The van der Waals surface area contributed by atoms with Crippen LogP contribution < -0.4 is 0 Å². The first-order valence-corrected chi connectivity index (χ1v) is 6.09. The van der Waals surface area contributed by atoms with E-state index in [2.05, 4.69) is 4.98 Å². The van der Waals surface area contributed by atoms with Gasteiger partial charge in [-0.05, 0) is 18.6 Å². The zero-order valence-corrected chi connectivity index (χ0v) is 10.3. The Morgan fingerprint density at radius 1 is 1.44 bits per heavy atom. The molecule has 0 spiro atoms. The topological polar surface area (TPSA) is 62.3 Å². The number of H-pyrrole nitrogens is 1. The van der Waals surface area contributed by atoms with Gasteiger partial charge < -0.3 is 14.8 Å². The van der Waals surface area contributed by atoms with Crippen LogP contribution >= 0.6 is 0 Å². The van der Waals surface area contributed by atoms with Gasteiger partial charge in [-0.3, -0.25) is 4.79 Å². The number of esters is 1. The molecule has 1 unspecified atom stereocenters. The molecule has 2 aromatic rings. The van der Waals surface area contributed by atoms with Crippen LogP contribution in [0.1, 0.15) is 18.9 Å². The van der Waals surface area contributed by atoms with Crippen LogP contribution in [0.2, 0.25) is 0 Å². The average Bonchev–Trinajstić information content (AvgIpc) is 2.73. The molecule has 0 amide bonds. The van der Waals surface area contributed by atoms with Crippen LogP contribution in [0.4, 0.5) is 0 Å². The minimum Gasteiger partial charge on any atom is -0.466 e. The maximum absolute atomic E-state index is 11.3. The molecule has 2 N–H and O–H groups in total. The largest absolute Gasteiger partial charge is 0.466 e. The van der Waals surface area contributed by atoms with E-state index in [1.807, 2.05) is 30.5 Å². The van der Waals surface area contributed by atoms with E-state index in [1.165, 1.54) is 0 Å². The highest BCUT2D eigenvalue weighted by molar-refractivity contribution is 5.83. The zero-order valence-electron chi connectivity index (χ0n) is 10.3. The van der Waals surface area contributed by atoms with Crippen molar-refractivity contribution >= 4 is 16.9 Å². The summed E-state index contributed by atoms with van der Waals surface area (Å²) in [6.45, 7) is 2.10. The molecule has 1 heterocycles. The van der Waals surface area contributed by atoms with Crippen molar-refractivity contribution in [2.24, 2.45) is 0 Å². The second kappa shape index (κ2) is 5.69. The van der Waals surface area contributed by atoms with Crippen molar-refractivity contribution in [2.75, 3.05) is 6.61 Å². The fourth-order valence-corrected chi connectivity index (χ4v) is 2.04. The van der Waals surface area contributed by atoms with Crippen molar-refractivity contribution in [3.05, 3.63) is 36.0 Å². The Hall–Kier alpha value is -1.81. The molecule has 0 fully saturated rings. The lowest BCUT2D eigenvalue weighted by Crippen LogP contribution is -2.17. The number of carbonyl (C=O) groups excluding carboxylic acids is 1. The zero-order chi connectivity index (χ0) is 13.0. The third-order valence-corrected chi connectivity index (χ3v) is 2.84. The highest BCUT2D eigenvalue weighted by atomic mass is 16.5. The lowest BCUT2D eigenvalue weighted by atomic mass is 10.1. The Labute approximate surface area is 106 Å². The third kappa shape index (κ3) is 2.90. The highest BCUT2D eigenvalue weighted by Gasteiger charge is 2.14. The van der Waals surface area contributed by atoms with E-state index in [0.29, 0.717) is 13.0 Å². The van der Waals surface area contributed by atoms with Gasteiger partial charge in [0.2, 0.25) is 0 Å². The Bertz CT molecular complexity index is 533. The van der Waals surface area contributed by atoms with Crippen LogP contribution in [-0.4, -0.2) is 28.8 Å². The second-order valence-corrected chi connectivity index (χ2v) is 4.23. The van der Waals surface area contributed by atoms with Gasteiger partial charge in [0.1, 0.15) is 0 Å². The van der Waals surface area contributed by atoms with Crippen molar-refractivity contribution in [3.63, 3.8) is 0 Å². The van der Waals surface area contributed by atoms with Gasteiger partial charge in [0.25, 0.3) is 0 Å². The highest BCUT2D eigenvalue weighted by Crippen LogP contribution is 2.19. The Morgan fingerprint density at radius 3 is 3.00 bits per heavy atom. The van der Waals surface area contributed by atoms with Crippen molar-refractivity contribution in [3.8, 4) is 0 Å². The van der Waals surface area contributed by atoms with Gasteiger partial charge in [-0.2, -0.15) is 0 Å². The maximum Gasteiger partial charge on any atom is 0.308 e. The summed E-state index contributed by atoms with van der Waals surface area (Å²) in [5.74, 6) is -0.357. The van der Waals surface area contributed by atoms with Gasteiger partial charge in [-0.25, -0.2) is 0 Å². The summed E-state index contributed by atoms with van der Waals surface area (Å²) in [6.07, 6.45) is 1.65. The van der Waals surface area contributed by atoms with Crippen LogP contribution in [0.25, 0.3) is 10.9 Å². The number of ether oxygens (including phenoxy) is 1. The molecule has 0 radical (unpaired) electrons. The van der Waals surface area contributed by atoms with Gasteiger partial charge in [0, 0.05) is 23.5 Å².